The molecule has 144 valence electrons. The fourth-order valence-corrected chi connectivity index (χ4v) is 3.57. The predicted octanol–water partition coefficient (Wildman–Crippen LogP) is 2.62. The highest BCUT2D eigenvalue weighted by Gasteiger charge is 2.20. The van der Waals surface area contributed by atoms with Gasteiger partial charge in [-0.15, -0.1) is 0 Å². The highest BCUT2D eigenvalue weighted by molar-refractivity contribution is 6.00. The van der Waals surface area contributed by atoms with Crippen LogP contribution in [0.1, 0.15) is 21.6 Å². The second-order valence-corrected chi connectivity index (χ2v) is 7.33. The van der Waals surface area contributed by atoms with Crippen molar-refractivity contribution in [3.63, 3.8) is 0 Å². The topological polar surface area (TPSA) is 61.4 Å². The van der Waals surface area contributed by atoms with E-state index in [0.717, 1.165) is 53.9 Å². The van der Waals surface area contributed by atoms with Crippen molar-refractivity contribution in [1.29, 1.82) is 0 Å². The van der Waals surface area contributed by atoms with E-state index in [0.29, 0.717) is 12.2 Å². The third-order valence-electron chi connectivity index (χ3n) is 5.30. The first-order chi connectivity index (χ1) is 13.6. The highest BCUT2D eigenvalue weighted by Crippen LogP contribution is 2.29. The highest BCUT2D eigenvalue weighted by atomic mass is 16.1. The fourth-order valence-electron chi connectivity index (χ4n) is 3.57. The van der Waals surface area contributed by atoms with Crippen LogP contribution in [0.4, 0.5) is 5.69 Å². The van der Waals surface area contributed by atoms with E-state index in [1.54, 1.807) is 12.4 Å². The monoisotopic (exact) mass is 375 g/mol. The number of para-hydroxylation sites is 1. The summed E-state index contributed by atoms with van der Waals surface area (Å²) in [6, 6.07) is 11.9. The Bertz CT molecular complexity index is 981. The minimum atomic E-state index is -0.155. The van der Waals surface area contributed by atoms with Crippen LogP contribution in [0, 0.1) is 6.92 Å². The van der Waals surface area contributed by atoms with Gasteiger partial charge in [-0.1, -0.05) is 18.2 Å². The quantitative estimate of drug-likeness (QED) is 0.760. The van der Waals surface area contributed by atoms with Crippen LogP contribution in [0.3, 0.4) is 0 Å². The molecule has 6 heteroatoms. The third-order valence-corrected chi connectivity index (χ3v) is 5.30. The number of hydrogen-bond donors (Lipinski definition) is 1. The smallest absolute Gasteiger partial charge is 0.270 e. The van der Waals surface area contributed by atoms with Gasteiger partial charge in [-0.05, 0) is 43.3 Å². The molecule has 1 saturated heterocycles. The van der Waals surface area contributed by atoms with Crippen LogP contribution in [-0.4, -0.2) is 54.0 Å². The van der Waals surface area contributed by atoms with Crippen LogP contribution >= 0.6 is 0 Å². The first-order valence-electron chi connectivity index (χ1n) is 9.63. The molecule has 1 amide bonds. The molecule has 0 atom stereocenters. The molecule has 3 heterocycles. The van der Waals surface area contributed by atoms with E-state index in [9.17, 15) is 4.79 Å². The number of benzene rings is 1. The number of piperazine rings is 1. The molecular formula is C22H25N5O. The molecular weight excluding hydrogens is 350 g/mol. The molecule has 1 aliphatic heterocycles. The molecule has 2 aromatic heterocycles. The van der Waals surface area contributed by atoms with Crippen LogP contribution in [-0.2, 0) is 6.54 Å². The average Bonchev–Trinajstić information content (AvgIpc) is 2.73. The Kier molecular flexibility index (Phi) is 5.21. The van der Waals surface area contributed by atoms with Gasteiger partial charge in [0, 0.05) is 56.2 Å². The van der Waals surface area contributed by atoms with E-state index >= 15 is 0 Å². The summed E-state index contributed by atoms with van der Waals surface area (Å²) in [4.78, 5) is 26.2. The van der Waals surface area contributed by atoms with Crippen molar-refractivity contribution in [2.75, 3.05) is 38.1 Å². The Morgan fingerprint density at radius 2 is 1.86 bits per heavy atom. The summed E-state index contributed by atoms with van der Waals surface area (Å²) in [6.45, 7) is 6.42. The summed E-state index contributed by atoms with van der Waals surface area (Å²) in [5.74, 6) is -0.155. The van der Waals surface area contributed by atoms with Crippen LogP contribution in [0.15, 0.2) is 48.8 Å². The Morgan fingerprint density at radius 1 is 1.11 bits per heavy atom. The number of fused-ring (bicyclic) bond motifs is 1. The summed E-state index contributed by atoms with van der Waals surface area (Å²) >= 11 is 0. The van der Waals surface area contributed by atoms with E-state index in [-0.39, 0.29) is 5.91 Å². The first-order valence-corrected chi connectivity index (χ1v) is 9.63. The van der Waals surface area contributed by atoms with Gasteiger partial charge < -0.3 is 15.1 Å². The van der Waals surface area contributed by atoms with Crippen molar-refractivity contribution in [2.45, 2.75) is 13.5 Å². The molecule has 1 aromatic carbocycles. The maximum absolute atomic E-state index is 12.8. The van der Waals surface area contributed by atoms with Crippen molar-refractivity contribution < 1.29 is 4.79 Å². The fraction of sp³-hybridized carbons (Fsp3) is 0.318. The van der Waals surface area contributed by atoms with Crippen LogP contribution in [0.5, 0.6) is 0 Å². The number of aryl methyl sites for hydroxylation is 1. The molecule has 1 fully saturated rings. The zero-order valence-electron chi connectivity index (χ0n) is 16.4. The molecule has 1 aliphatic rings. The predicted molar refractivity (Wildman–Crippen MR) is 112 cm³/mol. The van der Waals surface area contributed by atoms with E-state index < -0.39 is 0 Å². The van der Waals surface area contributed by atoms with Gasteiger partial charge in [0.1, 0.15) is 5.69 Å². The molecule has 0 unspecified atom stereocenters. The molecule has 3 aromatic rings. The second-order valence-electron chi connectivity index (χ2n) is 7.33. The van der Waals surface area contributed by atoms with Crippen molar-refractivity contribution in [3.05, 3.63) is 65.6 Å². The SMILES string of the molecule is Cc1cccc2c(N3CCN(C)CC3)cc(C(=O)NCc3ccncc3)nc12. The second kappa shape index (κ2) is 7.94. The number of aromatic nitrogens is 2. The lowest BCUT2D eigenvalue weighted by atomic mass is 10.1. The van der Waals surface area contributed by atoms with Gasteiger partial charge in [0.25, 0.3) is 5.91 Å². The summed E-state index contributed by atoms with van der Waals surface area (Å²) in [5.41, 5.74) is 4.55. The average molecular weight is 375 g/mol. The van der Waals surface area contributed by atoms with Gasteiger partial charge in [-0.25, -0.2) is 4.98 Å². The van der Waals surface area contributed by atoms with Crippen molar-refractivity contribution in [1.82, 2.24) is 20.2 Å². The van der Waals surface area contributed by atoms with E-state index in [4.69, 9.17) is 4.98 Å². The zero-order chi connectivity index (χ0) is 19.5. The standard InChI is InChI=1S/C22H25N5O/c1-16-4-3-5-18-20(27-12-10-26(2)11-13-27)14-19(25-21(16)18)22(28)24-15-17-6-8-23-9-7-17/h3-9,14H,10-13,15H2,1-2H3,(H,24,28). The maximum Gasteiger partial charge on any atom is 0.270 e. The number of amides is 1. The van der Waals surface area contributed by atoms with Gasteiger partial charge >= 0.3 is 0 Å². The molecule has 0 bridgehead atoms. The molecule has 28 heavy (non-hydrogen) atoms. The summed E-state index contributed by atoms with van der Waals surface area (Å²) in [5, 5.41) is 4.09. The Morgan fingerprint density at radius 3 is 2.61 bits per heavy atom. The van der Waals surface area contributed by atoms with E-state index in [2.05, 4.69) is 39.3 Å². The minimum absolute atomic E-state index is 0.155. The molecule has 0 spiro atoms. The Labute approximate surface area is 165 Å². The maximum atomic E-state index is 12.8. The van der Waals surface area contributed by atoms with Gasteiger partial charge in [-0.2, -0.15) is 0 Å². The molecule has 4 rings (SSSR count). The zero-order valence-corrected chi connectivity index (χ0v) is 16.4. The lowest BCUT2D eigenvalue weighted by Crippen LogP contribution is -2.44. The van der Waals surface area contributed by atoms with E-state index in [1.165, 1.54) is 0 Å². The number of nitrogens with one attached hydrogen (secondary N) is 1. The number of likely N-dealkylation sites (N-methyl/N-ethyl adjacent to an activating group) is 1. The number of rotatable bonds is 4. The largest absolute Gasteiger partial charge is 0.368 e. The van der Waals surface area contributed by atoms with Gasteiger partial charge in [0.2, 0.25) is 0 Å². The molecule has 0 radical (unpaired) electrons. The number of hydrogen-bond acceptors (Lipinski definition) is 5. The van der Waals surface area contributed by atoms with E-state index in [1.807, 2.05) is 31.2 Å². The summed E-state index contributed by atoms with van der Waals surface area (Å²) < 4.78 is 0. The molecule has 0 saturated carbocycles. The Hall–Kier alpha value is -2.99. The minimum Gasteiger partial charge on any atom is -0.368 e. The summed E-state index contributed by atoms with van der Waals surface area (Å²) in [6.07, 6.45) is 3.45. The van der Waals surface area contributed by atoms with Gasteiger partial charge in [0.15, 0.2) is 0 Å². The third kappa shape index (κ3) is 3.82. The number of carbonyl (C=O) groups excluding carboxylic acids is 1. The lowest BCUT2D eigenvalue weighted by molar-refractivity contribution is 0.0946. The Balaban J connectivity index is 1.66. The lowest BCUT2D eigenvalue weighted by Gasteiger charge is -2.34. The number of pyridine rings is 2. The van der Waals surface area contributed by atoms with Crippen molar-refractivity contribution in [3.8, 4) is 0 Å². The van der Waals surface area contributed by atoms with Gasteiger partial charge in [0.05, 0.1) is 5.52 Å². The normalized spacial score (nSPS) is 15.0. The molecule has 0 aliphatic carbocycles. The van der Waals surface area contributed by atoms with Crippen LogP contribution < -0.4 is 10.2 Å². The summed E-state index contributed by atoms with van der Waals surface area (Å²) in [7, 11) is 2.14. The molecule has 1 N–H and O–H groups in total. The number of nitrogens with zero attached hydrogens (tertiary/aromatic N) is 4. The van der Waals surface area contributed by atoms with Crippen molar-refractivity contribution >= 4 is 22.5 Å². The van der Waals surface area contributed by atoms with Crippen LogP contribution in [0.25, 0.3) is 10.9 Å². The molecule has 6 nitrogen and oxygen atoms in total. The number of carbonyl (C=O) groups is 1. The van der Waals surface area contributed by atoms with Crippen LogP contribution in [0.2, 0.25) is 0 Å². The van der Waals surface area contributed by atoms with Gasteiger partial charge in [-0.3, -0.25) is 9.78 Å². The number of anilines is 1. The van der Waals surface area contributed by atoms with Crippen molar-refractivity contribution in [2.24, 2.45) is 0 Å². The first kappa shape index (κ1) is 18.4.